The second-order valence-corrected chi connectivity index (χ2v) is 2.80. The molecule has 5 heteroatoms. The Morgan fingerprint density at radius 1 is 1.69 bits per heavy atom. The summed E-state index contributed by atoms with van der Waals surface area (Å²) in [5.41, 5.74) is -0.0469. The van der Waals surface area contributed by atoms with Crippen molar-refractivity contribution in [2.45, 2.75) is 26.3 Å². The maximum absolute atomic E-state index is 12.5. The van der Waals surface area contributed by atoms with E-state index in [0.717, 1.165) is 6.20 Å². The van der Waals surface area contributed by atoms with E-state index in [9.17, 15) is 13.6 Å². The summed E-state index contributed by atoms with van der Waals surface area (Å²) in [6, 6.07) is 0. The molecule has 72 valence electrons. The number of aryl methyl sites for hydroxylation is 1. The predicted molar refractivity (Wildman–Crippen MR) is 42.9 cm³/mol. The summed E-state index contributed by atoms with van der Waals surface area (Å²) >= 11 is 0. The highest BCUT2D eigenvalue weighted by Gasteiger charge is 2.33. The van der Waals surface area contributed by atoms with Crippen molar-refractivity contribution in [3.63, 3.8) is 0 Å². The van der Waals surface area contributed by atoms with Gasteiger partial charge in [0.05, 0.1) is 11.8 Å². The lowest BCUT2D eigenvalue weighted by atomic mass is 10.1. The maximum Gasteiger partial charge on any atom is 0.307 e. The summed E-state index contributed by atoms with van der Waals surface area (Å²) in [6.45, 7) is 2.95. The van der Waals surface area contributed by atoms with Crippen LogP contribution in [0.4, 0.5) is 8.78 Å². The molecule has 0 unspecified atom stereocenters. The van der Waals surface area contributed by atoms with E-state index in [0.29, 0.717) is 13.5 Å². The van der Waals surface area contributed by atoms with Crippen molar-refractivity contribution >= 4 is 5.78 Å². The second-order valence-electron chi connectivity index (χ2n) is 2.80. The molecule has 0 aromatic carbocycles. The third kappa shape index (κ3) is 2.11. The molecule has 0 saturated heterocycles. The third-order valence-electron chi connectivity index (χ3n) is 1.62. The molecule has 0 atom stereocenters. The Hall–Kier alpha value is -1.26. The number of ketones is 1. The first kappa shape index (κ1) is 9.83. The molecule has 1 heterocycles. The molecule has 0 aliphatic heterocycles. The van der Waals surface area contributed by atoms with Gasteiger partial charge in [0.25, 0.3) is 0 Å². The van der Waals surface area contributed by atoms with Crippen LogP contribution in [0, 0.1) is 0 Å². The van der Waals surface area contributed by atoms with Gasteiger partial charge in [0, 0.05) is 19.7 Å². The number of halogens is 2. The molecule has 0 saturated carbocycles. The largest absolute Gasteiger partial charge is 0.307 e. The lowest BCUT2D eigenvalue weighted by Gasteiger charge is -2.05. The first-order valence-electron chi connectivity index (χ1n) is 3.90. The van der Waals surface area contributed by atoms with E-state index in [4.69, 9.17) is 0 Å². The SMILES string of the molecule is CCn1cc(C(=O)C(C)(F)F)cn1. The van der Waals surface area contributed by atoms with Gasteiger partial charge in [-0.15, -0.1) is 0 Å². The number of Topliss-reactive ketones (excluding diaryl/α,β-unsaturated/α-hetero) is 1. The minimum atomic E-state index is -3.32. The molecular formula is C8H10F2N2O. The van der Waals surface area contributed by atoms with E-state index in [1.54, 1.807) is 0 Å². The van der Waals surface area contributed by atoms with E-state index in [2.05, 4.69) is 5.10 Å². The van der Waals surface area contributed by atoms with Crippen molar-refractivity contribution in [1.29, 1.82) is 0 Å². The van der Waals surface area contributed by atoms with Gasteiger partial charge in [-0.25, -0.2) is 0 Å². The van der Waals surface area contributed by atoms with Crippen molar-refractivity contribution in [1.82, 2.24) is 9.78 Å². The summed E-state index contributed by atoms with van der Waals surface area (Å²) in [4.78, 5) is 11.0. The van der Waals surface area contributed by atoms with Crippen LogP contribution in [0.25, 0.3) is 0 Å². The molecule has 1 rings (SSSR count). The van der Waals surface area contributed by atoms with E-state index < -0.39 is 11.7 Å². The van der Waals surface area contributed by atoms with Crippen LogP contribution in [0.3, 0.4) is 0 Å². The van der Waals surface area contributed by atoms with E-state index in [-0.39, 0.29) is 5.56 Å². The Bertz CT molecular complexity index is 314. The van der Waals surface area contributed by atoms with Crippen LogP contribution in [0.5, 0.6) is 0 Å². The highest BCUT2D eigenvalue weighted by atomic mass is 19.3. The number of nitrogens with zero attached hydrogens (tertiary/aromatic N) is 2. The summed E-state index contributed by atoms with van der Waals surface area (Å²) < 4.78 is 26.5. The number of aromatic nitrogens is 2. The Labute approximate surface area is 74.4 Å². The van der Waals surface area contributed by atoms with Crippen molar-refractivity contribution in [3.05, 3.63) is 18.0 Å². The standard InChI is InChI=1S/C8H10F2N2O/c1-3-12-5-6(4-11-12)7(13)8(2,9)10/h4-5H,3H2,1-2H3. The zero-order valence-electron chi connectivity index (χ0n) is 7.42. The summed E-state index contributed by atoms with van der Waals surface area (Å²) in [5, 5.41) is 3.73. The molecule has 0 radical (unpaired) electrons. The Morgan fingerprint density at radius 2 is 2.31 bits per heavy atom. The summed E-state index contributed by atoms with van der Waals surface area (Å²) in [7, 11) is 0. The first-order valence-corrected chi connectivity index (χ1v) is 3.90. The molecular weight excluding hydrogens is 178 g/mol. The zero-order valence-corrected chi connectivity index (χ0v) is 7.42. The van der Waals surface area contributed by atoms with Crippen LogP contribution in [0.15, 0.2) is 12.4 Å². The molecule has 0 N–H and O–H groups in total. The van der Waals surface area contributed by atoms with E-state index >= 15 is 0 Å². The van der Waals surface area contributed by atoms with Crippen molar-refractivity contribution in [2.24, 2.45) is 0 Å². The fraction of sp³-hybridized carbons (Fsp3) is 0.500. The van der Waals surface area contributed by atoms with Crippen LogP contribution in [-0.4, -0.2) is 21.5 Å². The van der Waals surface area contributed by atoms with Crippen LogP contribution < -0.4 is 0 Å². The van der Waals surface area contributed by atoms with Crippen molar-refractivity contribution in [2.75, 3.05) is 0 Å². The zero-order chi connectivity index (χ0) is 10.1. The van der Waals surface area contributed by atoms with Crippen LogP contribution in [-0.2, 0) is 6.54 Å². The summed E-state index contributed by atoms with van der Waals surface area (Å²) in [5.74, 6) is -4.51. The quantitative estimate of drug-likeness (QED) is 0.677. The summed E-state index contributed by atoms with van der Waals surface area (Å²) in [6.07, 6.45) is 2.48. The normalized spacial score (nSPS) is 11.7. The Kier molecular flexibility index (Phi) is 2.45. The monoisotopic (exact) mass is 188 g/mol. The van der Waals surface area contributed by atoms with Gasteiger partial charge in [-0.2, -0.15) is 13.9 Å². The highest BCUT2D eigenvalue weighted by molar-refractivity contribution is 6.00. The number of hydrogen-bond acceptors (Lipinski definition) is 2. The van der Waals surface area contributed by atoms with Gasteiger partial charge in [-0.1, -0.05) is 0 Å². The number of alkyl halides is 2. The third-order valence-corrected chi connectivity index (χ3v) is 1.62. The number of rotatable bonds is 3. The minimum absolute atomic E-state index is 0.0469. The lowest BCUT2D eigenvalue weighted by Crippen LogP contribution is -2.23. The number of carbonyl (C=O) groups excluding carboxylic acids is 1. The molecule has 1 aromatic heterocycles. The predicted octanol–water partition coefficient (Wildman–Crippen LogP) is 1.74. The molecule has 0 bridgehead atoms. The molecule has 1 aromatic rings. The van der Waals surface area contributed by atoms with Gasteiger partial charge in [0.15, 0.2) is 0 Å². The van der Waals surface area contributed by atoms with E-state index in [1.165, 1.54) is 10.9 Å². The molecule has 0 aliphatic rings. The molecule has 0 fully saturated rings. The van der Waals surface area contributed by atoms with Gasteiger partial charge < -0.3 is 0 Å². The van der Waals surface area contributed by atoms with Gasteiger partial charge >= 0.3 is 5.92 Å². The van der Waals surface area contributed by atoms with Crippen molar-refractivity contribution in [3.8, 4) is 0 Å². The average molecular weight is 188 g/mol. The molecule has 0 spiro atoms. The number of carbonyl (C=O) groups is 1. The van der Waals surface area contributed by atoms with Crippen molar-refractivity contribution < 1.29 is 13.6 Å². The Morgan fingerprint density at radius 3 is 2.69 bits per heavy atom. The van der Waals surface area contributed by atoms with Gasteiger partial charge in [-0.05, 0) is 6.92 Å². The van der Waals surface area contributed by atoms with Gasteiger partial charge in [-0.3, -0.25) is 9.48 Å². The molecule has 13 heavy (non-hydrogen) atoms. The first-order chi connectivity index (χ1) is 5.95. The fourth-order valence-corrected chi connectivity index (χ4v) is 0.907. The smallest absolute Gasteiger partial charge is 0.287 e. The molecule has 0 aliphatic carbocycles. The van der Waals surface area contributed by atoms with Gasteiger partial charge in [0.1, 0.15) is 0 Å². The topological polar surface area (TPSA) is 34.9 Å². The minimum Gasteiger partial charge on any atom is -0.287 e. The molecule has 3 nitrogen and oxygen atoms in total. The number of hydrogen-bond donors (Lipinski definition) is 0. The maximum atomic E-state index is 12.5. The molecule has 0 amide bonds. The Balaban J connectivity index is 2.90. The lowest BCUT2D eigenvalue weighted by molar-refractivity contribution is 0.0221. The van der Waals surface area contributed by atoms with Gasteiger partial charge in [0.2, 0.25) is 5.78 Å². The average Bonchev–Trinajstić information content (AvgIpc) is 2.48. The van der Waals surface area contributed by atoms with Crippen LogP contribution >= 0.6 is 0 Å². The highest BCUT2D eigenvalue weighted by Crippen LogP contribution is 2.18. The fourth-order valence-electron chi connectivity index (χ4n) is 0.907. The van der Waals surface area contributed by atoms with E-state index in [1.807, 2.05) is 6.92 Å². The van der Waals surface area contributed by atoms with Crippen LogP contribution in [0.2, 0.25) is 0 Å². The second kappa shape index (κ2) is 3.24. The van der Waals surface area contributed by atoms with Crippen LogP contribution in [0.1, 0.15) is 24.2 Å².